The predicted octanol–water partition coefficient (Wildman–Crippen LogP) is 5.26. The number of piperidine rings is 1. The topological polar surface area (TPSA) is 58.6 Å². The van der Waals surface area contributed by atoms with Crippen molar-refractivity contribution < 1.29 is 18.7 Å². The van der Waals surface area contributed by atoms with Crippen molar-refractivity contribution in [3.05, 3.63) is 59.9 Å². The molecule has 1 saturated carbocycles. The number of ether oxygens (including phenoxy) is 1. The average Bonchev–Trinajstić information content (AvgIpc) is 2.82. The van der Waals surface area contributed by atoms with Gasteiger partial charge in [-0.3, -0.25) is 9.59 Å². The molecule has 2 amide bonds. The lowest BCUT2D eigenvalue weighted by atomic mass is 9.77. The van der Waals surface area contributed by atoms with Crippen molar-refractivity contribution in [1.82, 2.24) is 5.32 Å². The molecule has 2 aromatic carbocycles. The van der Waals surface area contributed by atoms with Crippen molar-refractivity contribution in [3.8, 4) is 5.75 Å². The van der Waals surface area contributed by atoms with Crippen LogP contribution in [0.3, 0.4) is 0 Å². The largest absolute Gasteiger partial charge is 0.497 e. The summed E-state index contributed by atoms with van der Waals surface area (Å²) in [5.41, 5.74) is 1.46. The fourth-order valence-corrected chi connectivity index (χ4v) is 5.33. The highest BCUT2D eigenvalue weighted by atomic mass is 19.1. The molecule has 0 unspecified atom stereocenters. The van der Waals surface area contributed by atoms with Gasteiger partial charge in [0.1, 0.15) is 11.6 Å². The van der Waals surface area contributed by atoms with Crippen LogP contribution >= 0.6 is 0 Å². The van der Waals surface area contributed by atoms with Gasteiger partial charge in [-0.1, -0.05) is 38.8 Å². The van der Waals surface area contributed by atoms with E-state index in [9.17, 15) is 14.0 Å². The maximum absolute atomic E-state index is 13.7. The van der Waals surface area contributed by atoms with Gasteiger partial charge in [0.2, 0.25) is 11.8 Å². The maximum Gasteiger partial charge on any atom is 0.227 e. The molecule has 4 rings (SSSR count). The van der Waals surface area contributed by atoms with Crippen LogP contribution in [0, 0.1) is 23.6 Å². The van der Waals surface area contributed by atoms with E-state index < -0.39 is 12.0 Å². The number of nitrogens with one attached hydrogen (secondary N) is 1. The van der Waals surface area contributed by atoms with Crippen LogP contribution in [-0.2, 0) is 9.59 Å². The summed E-state index contributed by atoms with van der Waals surface area (Å²) in [7, 11) is 1.59. The van der Waals surface area contributed by atoms with Gasteiger partial charge in [-0.15, -0.1) is 0 Å². The quantitative estimate of drug-likeness (QED) is 0.673. The highest BCUT2D eigenvalue weighted by Crippen LogP contribution is 2.41. The number of hydrogen-bond acceptors (Lipinski definition) is 3. The van der Waals surface area contributed by atoms with Crippen LogP contribution in [0.15, 0.2) is 48.5 Å². The number of amides is 2. The predicted molar refractivity (Wildman–Crippen MR) is 126 cm³/mol. The molecule has 1 saturated heterocycles. The molecular weight excluding hydrogens is 419 g/mol. The van der Waals surface area contributed by atoms with Gasteiger partial charge < -0.3 is 15.0 Å². The number of rotatable bonds is 5. The molecule has 0 aromatic heterocycles. The van der Waals surface area contributed by atoms with Gasteiger partial charge in [0, 0.05) is 18.2 Å². The fourth-order valence-electron chi connectivity index (χ4n) is 5.33. The number of anilines is 1. The van der Waals surface area contributed by atoms with E-state index in [-0.39, 0.29) is 23.7 Å². The molecule has 0 radical (unpaired) electrons. The summed E-state index contributed by atoms with van der Waals surface area (Å²) in [6.45, 7) is 4.45. The lowest BCUT2D eigenvalue weighted by Crippen LogP contribution is -2.52. The fraction of sp³-hybridized carbons (Fsp3) is 0.481. The van der Waals surface area contributed by atoms with Crippen LogP contribution in [0.1, 0.15) is 57.6 Å². The minimum Gasteiger partial charge on any atom is -0.497 e. The third-order valence-electron chi connectivity index (χ3n) is 7.53. The third kappa shape index (κ3) is 4.90. The maximum atomic E-state index is 13.7. The monoisotopic (exact) mass is 452 g/mol. The van der Waals surface area contributed by atoms with Crippen LogP contribution in [0.5, 0.6) is 5.75 Å². The van der Waals surface area contributed by atoms with Crippen LogP contribution in [0.2, 0.25) is 0 Å². The van der Waals surface area contributed by atoms with Crippen molar-refractivity contribution in [2.24, 2.45) is 17.8 Å². The molecule has 2 aromatic rings. The van der Waals surface area contributed by atoms with Gasteiger partial charge in [0.05, 0.1) is 19.1 Å². The molecule has 1 heterocycles. The van der Waals surface area contributed by atoms with Crippen molar-refractivity contribution in [1.29, 1.82) is 0 Å². The summed E-state index contributed by atoms with van der Waals surface area (Å²) >= 11 is 0. The molecule has 1 aliphatic carbocycles. The first-order valence-electron chi connectivity index (χ1n) is 11.9. The minimum absolute atomic E-state index is 0.0266. The molecule has 0 bridgehead atoms. The van der Waals surface area contributed by atoms with Gasteiger partial charge in [0.15, 0.2) is 0 Å². The summed E-state index contributed by atoms with van der Waals surface area (Å²) in [4.78, 5) is 28.5. The Labute approximate surface area is 195 Å². The van der Waals surface area contributed by atoms with Crippen molar-refractivity contribution in [2.75, 3.05) is 12.0 Å². The van der Waals surface area contributed by atoms with Gasteiger partial charge in [0.25, 0.3) is 0 Å². The normalized spacial score (nSPS) is 27.8. The first-order valence-corrected chi connectivity index (χ1v) is 11.9. The van der Waals surface area contributed by atoms with Gasteiger partial charge >= 0.3 is 0 Å². The summed E-state index contributed by atoms with van der Waals surface area (Å²) in [5.74, 6) is 0.842. The lowest BCUT2D eigenvalue weighted by molar-refractivity contribution is -0.130. The highest BCUT2D eigenvalue weighted by Gasteiger charge is 2.42. The van der Waals surface area contributed by atoms with Gasteiger partial charge in [-0.25, -0.2) is 4.39 Å². The number of methoxy groups -OCH3 is 1. The summed E-state index contributed by atoms with van der Waals surface area (Å²) < 4.78 is 19.0. The van der Waals surface area contributed by atoms with Crippen molar-refractivity contribution in [2.45, 2.75) is 58.0 Å². The number of carbonyl (C=O) groups is 2. The molecule has 1 aliphatic heterocycles. The Bertz CT molecular complexity index is 976. The van der Waals surface area contributed by atoms with Crippen molar-refractivity contribution >= 4 is 17.5 Å². The molecule has 6 heteroatoms. The first kappa shape index (κ1) is 23.3. The van der Waals surface area contributed by atoms with E-state index in [4.69, 9.17) is 4.74 Å². The van der Waals surface area contributed by atoms with Crippen LogP contribution in [0.25, 0.3) is 0 Å². The van der Waals surface area contributed by atoms with E-state index in [1.165, 1.54) is 18.6 Å². The zero-order valence-electron chi connectivity index (χ0n) is 19.6. The van der Waals surface area contributed by atoms with E-state index in [0.717, 1.165) is 18.4 Å². The molecule has 2 fully saturated rings. The number of nitrogens with zero attached hydrogens (tertiary/aromatic N) is 1. The summed E-state index contributed by atoms with van der Waals surface area (Å²) in [6, 6.07) is 13.1. The van der Waals surface area contributed by atoms with Crippen LogP contribution in [0.4, 0.5) is 10.1 Å². The number of hydrogen-bond donors (Lipinski definition) is 1. The molecule has 5 nitrogen and oxygen atoms in total. The Hall–Kier alpha value is -2.89. The van der Waals surface area contributed by atoms with Gasteiger partial charge in [-0.2, -0.15) is 0 Å². The van der Waals surface area contributed by atoms with E-state index in [1.54, 1.807) is 36.3 Å². The first-order chi connectivity index (χ1) is 15.9. The van der Waals surface area contributed by atoms with Crippen LogP contribution in [-0.4, -0.2) is 25.0 Å². The second-order valence-electron chi connectivity index (χ2n) is 9.49. The Balaban J connectivity index is 1.67. The van der Waals surface area contributed by atoms with E-state index >= 15 is 0 Å². The molecular formula is C27H33FN2O3. The smallest absolute Gasteiger partial charge is 0.227 e. The van der Waals surface area contributed by atoms with Crippen LogP contribution < -0.4 is 15.0 Å². The standard InChI is InChI=1S/C27H33FN2O3/c1-17-5-4-6-24(18(17)2)29-27(32)23-15-16-25(31)30(21-11-13-22(33-3)14-12-21)26(23)19-7-9-20(28)10-8-19/h7-14,17-18,23-24,26H,4-6,15-16H2,1-3H3,(H,29,32)/t17-,18-,23-,24-,26-/m1/s1. The van der Waals surface area contributed by atoms with E-state index in [2.05, 4.69) is 19.2 Å². The molecule has 5 atom stereocenters. The van der Waals surface area contributed by atoms with E-state index in [0.29, 0.717) is 36.1 Å². The third-order valence-corrected chi connectivity index (χ3v) is 7.53. The number of benzene rings is 2. The Morgan fingerprint density at radius 2 is 1.73 bits per heavy atom. The Morgan fingerprint density at radius 1 is 1.03 bits per heavy atom. The average molecular weight is 453 g/mol. The summed E-state index contributed by atoms with van der Waals surface area (Å²) in [5, 5.41) is 3.31. The highest BCUT2D eigenvalue weighted by molar-refractivity contribution is 5.97. The molecule has 33 heavy (non-hydrogen) atoms. The Morgan fingerprint density at radius 3 is 2.39 bits per heavy atom. The SMILES string of the molecule is COc1ccc(N2C(=O)CC[C@@H](C(=O)N[C@@H]3CCC[C@@H](C)[C@H]3C)[C@H]2c2ccc(F)cc2)cc1. The lowest BCUT2D eigenvalue weighted by Gasteiger charge is -2.42. The molecule has 2 aliphatic rings. The van der Waals surface area contributed by atoms with E-state index in [1.807, 2.05) is 12.1 Å². The second kappa shape index (κ2) is 9.94. The number of carbonyl (C=O) groups excluding carboxylic acids is 2. The molecule has 1 N–H and O–H groups in total. The molecule has 0 spiro atoms. The number of halogens is 1. The molecule has 176 valence electrons. The van der Waals surface area contributed by atoms with Crippen molar-refractivity contribution in [3.63, 3.8) is 0 Å². The Kier molecular flexibility index (Phi) is 7.01. The summed E-state index contributed by atoms with van der Waals surface area (Å²) in [6.07, 6.45) is 4.04. The van der Waals surface area contributed by atoms with Gasteiger partial charge in [-0.05, 0) is 66.6 Å². The zero-order chi connectivity index (χ0) is 23.5. The zero-order valence-corrected chi connectivity index (χ0v) is 19.6. The minimum atomic E-state index is -0.503. The second-order valence-corrected chi connectivity index (χ2v) is 9.49.